The minimum Gasteiger partial charge on any atom is -0.300 e. The second-order valence-corrected chi connectivity index (χ2v) is 4.23. The van der Waals surface area contributed by atoms with E-state index in [0.717, 1.165) is 0 Å². The van der Waals surface area contributed by atoms with Crippen molar-refractivity contribution in [2.75, 3.05) is 0 Å². The van der Waals surface area contributed by atoms with Crippen LogP contribution in [0.1, 0.15) is 46.0 Å². The molecule has 0 N–H and O–H groups in total. The van der Waals surface area contributed by atoms with Crippen LogP contribution >= 0.6 is 0 Å². The third kappa shape index (κ3) is 2.08. The summed E-state index contributed by atoms with van der Waals surface area (Å²) in [5, 5.41) is 0. The van der Waals surface area contributed by atoms with Crippen molar-refractivity contribution in [3.8, 4) is 0 Å². The molecule has 1 saturated carbocycles. The average molecular weight is 196 g/mol. The molecule has 0 atom stereocenters. The summed E-state index contributed by atoms with van der Waals surface area (Å²) in [6.07, 6.45) is 2.36. The maximum Gasteiger partial charge on any atom is 0.146 e. The molecule has 0 aromatic carbocycles. The lowest BCUT2D eigenvalue weighted by molar-refractivity contribution is -0.143. The summed E-state index contributed by atoms with van der Waals surface area (Å²) in [5.74, 6) is 0.0578. The molecule has 1 fully saturated rings. The van der Waals surface area contributed by atoms with Gasteiger partial charge in [-0.05, 0) is 26.7 Å². The largest absolute Gasteiger partial charge is 0.300 e. The zero-order chi connectivity index (χ0) is 10.8. The Balaban J connectivity index is 2.72. The molecular formula is C11H16O3. The Morgan fingerprint density at radius 3 is 2.21 bits per heavy atom. The molecule has 0 aliphatic heterocycles. The lowest BCUT2D eigenvalue weighted by Gasteiger charge is -2.29. The van der Waals surface area contributed by atoms with Gasteiger partial charge in [-0.25, -0.2) is 0 Å². The summed E-state index contributed by atoms with van der Waals surface area (Å²) in [5.41, 5.74) is -0.871. The van der Waals surface area contributed by atoms with E-state index in [1.54, 1.807) is 6.92 Å². The van der Waals surface area contributed by atoms with E-state index in [-0.39, 0.29) is 17.3 Å². The van der Waals surface area contributed by atoms with Gasteiger partial charge < -0.3 is 4.79 Å². The van der Waals surface area contributed by atoms with Gasteiger partial charge in [0.25, 0.3) is 0 Å². The van der Waals surface area contributed by atoms with E-state index in [1.165, 1.54) is 6.92 Å². The molecule has 0 spiro atoms. The van der Waals surface area contributed by atoms with Gasteiger partial charge in [-0.15, -0.1) is 0 Å². The van der Waals surface area contributed by atoms with Crippen LogP contribution in [0.2, 0.25) is 0 Å². The molecule has 78 valence electrons. The monoisotopic (exact) mass is 196 g/mol. The molecule has 14 heavy (non-hydrogen) atoms. The average Bonchev–Trinajstić information content (AvgIpc) is 2.11. The van der Waals surface area contributed by atoms with Gasteiger partial charge >= 0.3 is 0 Å². The van der Waals surface area contributed by atoms with Crippen LogP contribution in [0.25, 0.3) is 0 Å². The molecular weight excluding hydrogens is 180 g/mol. The highest BCUT2D eigenvalue weighted by Gasteiger charge is 2.41. The number of carbonyl (C=O) groups excluding carboxylic acids is 3. The summed E-state index contributed by atoms with van der Waals surface area (Å²) < 4.78 is 0. The molecule has 0 heterocycles. The van der Waals surface area contributed by atoms with Crippen LogP contribution < -0.4 is 0 Å². The first-order chi connectivity index (χ1) is 6.47. The molecule has 0 bridgehead atoms. The molecule has 3 heteroatoms. The molecule has 0 radical (unpaired) electrons. The van der Waals surface area contributed by atoms with Crippen molar-refractivity contribution in [1.29, 1.82) is 0 Å². The number of hydrogen-bond acceptors (Lipinski definition) is 3. The van der Waals surface area contributed by atoms with Crippen LogP contribution in [0.3, 0.4) is 0 Å². The molecule has 0 aromatic heterocycles. The van der Waals surface area contributed by atoms with E-state index in [2.05, 4.69) is 0 Å². The summed E-state index contributed by atoms with van der Waals surface area (Å²) in [7, 11) is 0. The summed E-state index contributed by atoms with van der Waals surface area (Å²) in [4.78, 5) is 34.0. The van der Waals surface area contributed by atoms with E-state index in [9.17, 15) is 14.4 Å². The number of hydrogen-bond donors (Lipinski definition) is 0. The highest BCUT2D eigenvalue weighted by molar-refractivity contribution is 6.08. The van der Waals surface area contributed by atoms with Crippen molar-refractivity contribution in [2.45, 2.75) is 46.0 Å². The third-order valence-electron chi connectivity index (χ3n) is 3.02. The van der Waals surface area contributed by atoms with Gasteiger partial charge in [-0.1, -0.05) is 0 Å². The fourth-order valence-electron chi connectivity index (χ4n) is 1.82. The van der Waals surface area contributed by atoms with Crippen molar-refractivity contribution in [2.24, 2.45) is 5.41 Å². The van der Waals surface area contributed by atoms with E-state index in [1.807, 2.05) is 0 Å². The number of carbonyl (C=O) groups is 3. The van der Waals surface area contributed by atoms with Gasteiger partial charge in [0.15, 0.2) is 0 Å². The Bertz CT molecular complexity index is 262. The smallest absolute Gasteiger partial charge is 0.146 e. The van der Waals surface area contributed by atoms with Crippen molar-refractivity contribution in [3.05, 3.63) is 0 Å². The van der Waals surface area contributed by atoms with Crippen molar-refractivity contribution < 1.29 is 14.4 Å². The number of ketones is 3. The third-order valence-corrected chi connectivity index (χ3v) is 3.02. The first-order valence-electron chi connectivity index (χ1n) is 5.03. The summed E-state index contributed by atoms with van der Waals surface area (Å²) >= 11 is 0. The van der Waals surface area contributed by atoms with Gasteiger partial charge in [0.1, 0.15) is 17.3 Å². The molecule has 0 amide bonds. The van der Waals surface area contributed by atoms with Gasteiger partial charge in [-0.2, -0.15) is 0 Å². The molecule has 1 aliphatic rings. The van der Waals surface area contributed by atoms with E-state index in [0.29, 0.717) is 32.1 Å². The molecule has 0 unspecified atom stereocenters. The Kier molecular flexibility index (Phi) is 3.19. The lowest BCUT2D eigenvalue weighted by Crippen LogP contribution is -2.40. The maximum absolute atomic E-state index is 11.6. The van der Waals surface area contributed by atoms with Crippen molar-refractivity contribution in [1.82, 2.24) is 0 Å². The Morgan fingerprint density at radius 2 is 1.79 bits per heavy atom. The molecule has 0 aromatic rings. The van der Waals surface area contributed by atoms with Crippen LogP contribution in [0.4, 0.5) is 0 Å². The first kappa shape index (κ1) is 11.1. The number of rotatable bonds is 3. The SMILES string of the molecule is CC(=O)CCC1(C)C(=O)CCCC1=O. The van der Waals surface area contributed by atoms with Crippen molar-refractivity contribution in [3.63, 3.8) is 0 Å². The molecule has 1 aliphatic carbocycles. The predicted molar refractivity (Wildman–Crippen MR) is 51.9 cm³/mol. The summed E-state index contributed by atoms with van der Waals surface area (Å²) in [6.45, 7) is 3.17. The fraction of sp³-hybridized carbons (Fsp3) is 0.727. The topological polar surface area (TPSA) is 51.2 Å². The minimum atomic E-state index is -0.871. The van der Waals surface area contributed by atoms with E-state index in [4.69, 9.17) is 0 Å². The minimum absolute atomic E-state index is 0.00926. The lowest BCUT2D eigenvalue weighted by atomic mass is 9.70. The molecule has 1 rings (SSSR count). The standard InChI is InChI=1S/C11H16O3/c1-8(12)6-7-11(2)9(13)4-3-5-10(11)14/h3-7H2,1-2H3. The fourth-order valence-corrected chi connectivity index (χ4v) is 1.82. The second-order valence-electron chi connectivity index (χ2n) is 4.23. The van der Waals surface area contributed by atoms with E-state index < -0.39 is 5.41 Å². The Morgan fingerprint density at radius 1 is 1.29 bits per heavy atom. The maximum atomic E-state index is 11.6. The van der Waals surface area contributed by atoms with Crippen LogP contribution in [0.5, 0.6) is 0 Å². The quantitative estimate of drug-likeness (QED) is 0.645. The first-order valence-corrected chi connectivity index (χ1v) is 5.03. The molecule has 3 nitrogen and oxygen atoms in total. The highest BCUT2D eigenvalue weighted by atomic mass is 16.2. The predicted octanol–water partition coefficient (Wildman–Crippen LogP) is 1.68. The van der Waals surface area contributed by atoms with Crippen LogP contribution in [0.15, 0.2) is 0 Å². The van der Waals surface area contributed by atoms with Gasteiger partial charge in [0.05, 0.1) is 5.41 Å². The number of Topliss-reactive ketones (excluding diaryl/α,β-unsaturated/α-hetero) is 3. The zero-order valence-electron chi connectivity index (χ0n) is 8.76. The molecule has 0 saturated heterocycles. The summed E-state index contributed by atoms with van der Waals surface area (Å²) in [6, 6.07) is 0. The van der Waals surface area contributed by atoms with E-state index >= 15 is 0 Å². The van der Waals surface area contributed by atoms with Gasteiger partial charge in [-0.3, -0.25) is 9.59 Å². The second kappa shape index (κ2) is 4.03. The normalized spacial score (nSPS) is 21.0. The Hall–Kier alpha value is -0.990. The van der Waals surface area contributed by atoms with Crippen molar-refractivity contribution >= 4 is 17.3 Å². The Labute approximate surface area is 83.9 Å². The zero-order valence-corrected chi connectivity index (χ0v) is 8.76. The van der Waals surface area contributed by atoms with Crippen LogP contribution in [-0.2, 0) is 14.4 Å². The van der Waals surface area contributed by atoms with Crippen LogP contribution in [-0.4, -0.2) is 17.3 Å². The van der Waals surface area contributed by atoms with Gasteiger partial charge in [0, 0.05) is 19.3 Å². The van der Waals surface area contributed by atoms with Crippen LogP contribution in [0, 0.1) is 5.41 Å². The van der Waals surface area contributed by atoms with Gasteiger partial charge in [0.2, 0.25) is 0 Å². The highest BCUT2D eigenvalue weighted by Crippen LogP contribution is 2.33.